The average Bonchev–Trinajstić information content (AvgIpc) is 3.35. The second-order valence-electron chi connectivity index (χ2n) is 7.17. The second kappa shape index (κ2) is 8.39. The summed E-state index contributed by atoms with van der Waals surface area (Å²) in [5.74, 6) is 0.413. The summed E-state index contributed by atoms with van der Waals surface area (Å²) in [4.78, 5) is 24.2. The number of carbonyl (C=O) groups is 2. The van der Waals surface area contributed by atoms with Gasteiger partial charge in [-0.05, 0) is 23.8 Å². The molecule has 9 nitrogen and oxygen atoms in total. The Kier molecular flexibility index (Phi) is 5.48. The van der Waals surface area contributed by atoms with Crippen molar-refractivity contribution in [3.05, 3.63) is 60.4 Å². The summed E-state index contributed by atoms with van der Waals surface area (Å²) in [6.07, 6.45) is 3.77. The third kappa shape index (κ3) is 4.45. The maximum absolute atomic E-state index is 12.4. The van der Waals surface area contributed by atoms with Crippen LogP contribution in [0.25, 0.3) is 11.1 Å². The van der Waals surface area contributed by atoms with Crippen LogP contribution in [-0.2, 0) is 16.1 Å². The van der Waals surface area contributed by atoms with Gasteiger partial charge in [0.05, 0.1) is 19.0 Å². The van der Waals surface area contributed by atoms with E-state index < -0.39 is 17.6 Å². The number of primary amides is 1. The molecular formula is C22H22N4O5. The van der Waals surface area contributed by atoms with E-state index in [1.165, 1.54) is 0 Å². The van der Waals surface area contributed by atoms with E-state index >= 15 is 0 Å². The molecule has 1 fully saturated rings. The summed E-state index contributed by atoms with van der Waals surface area (Å²) in [5.41, 5.74) is 7.19. The predicted molar refractivity (Wildman–Crippen MR) is 113 cm³/mol. The number of ether oxygens (including phenoxy) is 3. The Morgan fingerprint density at radius 1 is 1.16 bits per heavy atom. The summed E-state index contributed by atoms with van der Waals surface area (Å²) in [6, 6.07) is 12.5. The van der Waals surface area contributed by atoms with Crippen molar-refractivity contribution in [3.63, 3.8) is 0 Å². The lowest BCUT2D eigenvalue weighted by Gasteiger charge is -2.19. The minimum absolute atomic E-state index is 0.0321. The molecule has 160 valence electrons. The number of nitrogens with one attached hydrogen (secondary N) is 2. The fraction of sp³-hybridized carbons (Fsp3) is 0.227. The van der Waals surface area contributed by atoms with Crippen LogP contribution in [0, 0.1) is 0 Å². The summed E-state index contributed by atoms with van der Waals surface area (Å²) >= 11 is 0. The number of anilines is 1. The summed E-state index contributed by atoms with van der Waals surface area (Å²) in [7, 11) is 1.55. The van der Waals surface area contributed by atoms with Crippen LogP contribution in [0.3, 0.4) is 0 Å². The van der Waals surface area contributed by atoms with Gasteiger partial charge in [0.15, 0.2) is 5.60 Å². The van der Waals surface area contributed by atoms with Crippen LogP contribution in [0.2, 0.25) is 0 Å². The molecule has 4 rings (SSSR count). The number of rotatable bonds is 8. The van der Waals surface area contributed by atoms with Gasteiger partial charge >= 0.3 is 6.09 Å². The third-order valence-corrected chi connectivity index (χ3v) is 5.06. The maximum atomic E-state index is 12.4. The van der Waals surface area contributed by atoms with Gasteiger partial charge in [0.2, 0.25) is 0 Å². The molecule has 3 aromatic rings. The normalized spacial score (nSPS) is 13.8. The van der Waals surface area contributed by atoms with Gasteiger partial charge in [-0.25, -0.2) is 4.79 Å². The van der Waals surface area contributed by atoms with Gasteiger partial charge in [-0.15, -0.1) is 0 Å². The van der Waals surface area contributed by atoms with Crippen LogP contribution >= 0.6 is 0 Å². The maximum Gasteiger partial charge on any atom is 0.412 e. The number of amides is 2. The van der Waals surface area contributed by atoms with Crippen molar-refractivity contribution in [3.8, 4) is 22.6 Å². The fourth-order valence-corrected chi connectivity index (χ4v) is 3.13. The molecule has 4 N–H and O–H groups in total. The van der Waals surface area contributed by atoms with E-state index in [9.17, 15) is 9.59 Å². The lowest BCUT2D eigenvalue weighted by atomic mass is 10.1. The number of nitrogens with zero attached hydrogens (tertiary/aromatic N) is 1. The topological polar surface area (TPSA) is 129 Å². The molecule has 1 heterocycles. The van der Waals surface area contributed by atoms with E-state index in [4.69, 9.17) is 19.9 Å². The van der Waals surface area contributed by atoms with Crippen LogP contribution in [0.5, 0.6) is 11.5 Å². The number of aromatic nitrogens is 2. The van der Waals surface area contributed by atoms with Crippen molar-refractivity contribution in [2.45, 2.75) is 25.0 Å². The molecule has 0 atom stereocenters. The molecule has 9 heteroatoms. The zero-order chi connectivity index (χ0) is 21.8. The highest BCUT2D eigenvalue weighted by atomic mass is 16.6. The number of carbonyl (C=O) groups excluding carboxylic acids is 2. The van der Waals surface area contributed by atoms with Gasteiger partial charge in [0, 0.05) is 30.2 Å². The van der Waals surface area contributed by atoms with E-state index in [1.54, 1.807) is 43.8 Å². The van der Waals surface area contributed by atoms with Crippen molar-refractivity contribution in [2.75, 3.05) is 12.4 Å². The summed E-state index contributed by atoms with van der Waals surface area (Å²) < 4.78 is 16.5. The first-order valence-electron chi connectivity index (χ1n) is 9.68. The first-order chi connectivity index (χ1) is 15.0. The molecule has 1 saturated carbocycles. The van der Waals surface area contributed by atoms with Crippen molar-refractivity contribution in [2.24, 2.45) is 5.73 Å². The van der Waals surface area contributed by atoms with Gasteiger partial charge in [-0.3, -0.25) is 15.2 Å². The highest BCUT2D eigenvalue weighted by Crippen LogP contribution is 2.43. The van der Waals surface area contributed by atoms with E-state index in [-0.39, 0.29) is 6.61 Å². The Hall–Kier alpha value is -4.01. The second-order valence-corrected chi connectivity index (χ2v) is 7.17. The zero-order valence-corrected chi connectivity index (χ0v) is 16.9. The zero-order valence-electron chi connectivity index (χ0n) is 16.9. The molecule has 0 spiro atoms. The number of benzene rings is 2. The van der Waals surface area contributed by atoms with Crippen molar-refractivity contribution < 1.29 is 23.8 Å². The monoisotopic (exact) mass is 422 g/mol. The molecule has 0 bridgehead atoms. The summed E-state index contributed by atoms with van der Waals surface area (Å²) in [5, 5.41) is 9.37. The number of para-hydroxylation sites is 1. The van der Waals surface area contributed by atoms with Crippen molar-refractivity contribution >= 4 is 17.7 Å². The lowest BCUT2D eigenvalue weighted by molar-refractivity contribution is -0.126. The molecule has 2 amide bonds. The number of H-pyrrole nitrogens is 1. The molecule has 1 aliphatic rings. The first-order valence-corrected chi connectivity index (χ1v) is 9.68. The van der Waals surface area contributed by atoms with Crippen LogP contribution in [-0.4, -0.2) is 34.9 Å². The van der Waals surface area contributed by atoms with E-state index in [0.29, 0.717) is 30.0 Å². The SMILES string of the molecule is COc1ccccc1COC(=O)Nc1ccc(-c2cn[nH]c2)cc1OC1(C(N)=O)CC1. The Bertz CT molecular complexity index is 1090. The van der Waals surface area contributed by atoms with E-state index in [1.807, 2.05) is 18.2 Å². The minimum Gasteiger partial charge on any atom is -0.496 e. The molecule has 0 radical (unpaired) electrons. The van der Waals surface area contributed by atoms with Gasteiger partial charge < -0.3 is 19.9 Å². The Morgan fingerprint density at radius 2 is 1.97 bits per heavy atom. The highest BCUT2D eigenvalue weighted by Gasteiger charge is 2.52. The van der Waals surface area contributed by atoms with E-state index in [0.717, 1.165) is 16.7 Å². The molecule has 2 aromatic carbocycles. The number of hydrogen-bond acceptors (Lipinski definition) is 6. The first kappa shape index (κ1) is 20.3. The van der Waals surface area contributed by atoms with Crippen LogP contribution < -0.4 is 20.5 Å². The Morgan fingerprint density at radius 3 is 2.65 bits per heavy atom. The molecule has 0 saturated heterocycles. The number of hydrogen-bond donors (Lipinski definition) is 3. The lowest BCUT2D eigenvalue weighted by Crippen LogP contribution is -2.36. The van der Waals surface area contributed by atoms with Gasteiger partial charge in [0.25, 0.3) is 5.91 Å². The smallest absolute Gasteiger partial charge is 0.412 e. The number of nitrogens with two attached hydrogens (primary N) is 1. The van der Waals surface area contributed by atoms with Crippen LogP contribution in [0.4, 0.5) is 10.5 Å². The molecule has 0 unspecified atom stereocenters. The van der Waals surface area contributed by atoms with Crippen molar-refractivity contribution in [1.29, 1.82) is 0 Å². The Balaban J connectivity index is 1.52. The quantitative estimate of drug-likeness (QED) is 0.511. The minimum atomic E-state index is -1.05. The molecule has 0 aliphatic heterocycles. The Labute approximate surface area is 178 Å². The molecule has 1 aliphatic carbocycles. The number of methoxy groups -OCH3 is 1. The van der Waals surface area contributed by atoms with Gasteiger partial charge in [-0.2, -0.15) is 5.10 Å². The highest BCUT2D eigenvalue weighted by molar-refractivity contribution is 5.90. The predicted octanol–water partition coefficient (Wildman–Crippen LogP) is 3.23. The molecular weight excluding hydrogens is 400 g/mol. The van der Waals surface area contributed by atoms with Crippen LogP contribution in [0.1, 0.15) is 18.4 Å². The van der Waals surface area contributed by atoms with Crippen molar-refractivity contribution in [1.82, 2.24) is 10.2 Å². The molecule has 1 aromatic heterocycles. The molecule has 31 heavy (non-hydrogen) atoms. The average molecular weight is 422 g/mol. The van der Waals surface area contributed by atoms with Crippen LogP contribution in [0.15, 0.2) is 54.9 Å². The van der Waals surface area contributed by atoms with Gasteiger partial charge in [-0.1, -0.05) is 24.3 Å². The third-order valence-electron chi connectivity index (χ3n) is 5.06. The number of aromatic amines is 1. The largest absolute Gasteiger partial charge is 0.496 e. The summed E-state index contributed by atoms with van der Waals surface area (Å²) in [6.45, 7) is 0.0321. The van der Waals surface area contributed by atoms with Gasteiger partial charge in [0.1, 0.15) is 18.1 Å². The standard InChI is InChI=1S/C22H22N4O5/c1-29-18-5-3-2-4-15(18)13-30-21(28)26-17-7-6-14(16-11-24-25-12-16)10-19(17)31-22(8-9-22)20(23)27/h2-7,10-12H,8-9,13H2,1H3,(H2,23,27)(H,24,25)(H,26,28). The van der Waals surface area contributed by atoms with E-state index in [2.05, 4.69) is 15.5 Å². The fourth-order valence-electron chi connectivity index (χ4n) is 3.13.